The number of nitrogen functional groups attached to an aromatic ring is 1. The number of rotatable bonds is 7. The summed E-state index contributed by atoms with van der Waals surface area (Å²) in [6.07, 6.45) is -0.364. The summed E-state index contributed by atoms with van der Waals surface area (Å²) in [7, 11) is -2.49. The summed E-state index contributed by atoms with van der Waals surface area (Å²) in [4.78, 5) is 10.1. The van der Waals surface area contributed by atoms with E-state index in [4.69, 9.17) is 10.9 Å². The molecule has 0 aliphatic heterocycles. The van der Waals surface area contributed by atoms with Crippen molar-refractivity contribution in [1.82, 2.24) is 4.31 Å². The van der Waals surface area contributed by atoms with Crippen LogP contribution in [0.3, 0.4) is 0 Å². The number of nitrogens with one attached hydrogen (secondary N) is 1. The van der Waals surface area contributed by atoms with Crippen molar-refractivity contribution in [2.24, 2.45) is 5.84 Å². The molecule has 0 fully saturated rings. The molecule has 11 heteroatoms. The highest BCUT2D eigenvalue weighted by Crippen LogP contribution is 2.37. The fraction of sp³-hybridized carbons (Fsp3) is 0.556. The van der Waals surface area contributed by atoms with E-state index in [2.05, 4.69) is 5.43 Å². The second-order valence-corrected chi connectivity index (χ2v) is 7.47. The number of hydrazine groups is 1. The molecule has 1 atom stereocenters. The van der Waals surface area contributed by atoms with Crippen molar-refractivity contribution in [3.8, 4) is 0 Å². The van der Waals surface area contributed by atoms with Crippen molar-refractivity contribution >= 4 is 32.0 Å². The highest BCUT2D eigenvalue weighted by atomic mass is 32.2. The zero-order valence-electron chi connectivity index (χ0n) is 10.9. The van der Waals surface area contributed by atoms with E-state index < -0.39 is 21.1 Å². The summed E-state index contributed by atoms with van der Waals surface area (Å²) < 4.78 is 25.3. The molecular formula is C9H16N4O5S2. The van der Waals surface area contributed by atoms with Crippen LogP contribution in [0, 0.1) is 10.1 Å². The van der Waals surface area contributed by atoms with Crippen LogP contribution < -0.4 is 11.3 Å². The SMILES string of the molecule is CC(O)CCN(C)S(=O)(=O)c1cc([N+](=O)[O-])c(NN)s1. The van der Waals surface area contributed by atoms with Gasteiger partial charge in [0.15, 0.2) is 5.00 Å². The van der Waals surface area contributed by atoms with Crippen molar-refractivity contribution in [3.63, 3.8) is 0 Å². The third-order valence-corrected chi connectivity index (χ3v) is 5.91. The van der Waals surface area contributed by atoms with Crippen LogP contribution in [0.2, 0.25) is 0 Å². The molecule has 0 bridgehead atoms. The molecule has 114 valence electrons. The van der Waals surface area contributed by atoms with Crippen LogP contribution in [0.15, 0.2) is 10.3 Å². The zero-order chi connectivity index (χ0) is 15.5. The van der Waals surface area contributed by atoms with Gasteiger partial charge in [-0.15, -0.1) is 0 Å². The normalized spacial score (nSPS) is 13.4. The van der Waals surface area contributed by atoms with Gasteiger partial charge in [-0.1, -0.05) is 11.3 Å². The quantitative estimate of drug-likeness (QED) is 0.373. The third-order valence-electron chi connectivity index (χ3n) is 2.54. The van der Waals surface area contributed by atoms with Gasteiger partial charge in [-0.05, 0) is 13.3 Å². The van der Waals surface area contributed by atoms with E-state index in [0.717, 1.165) is 10.4 Å². The number of nitro groups is 1. The first-order valence-corrected chi connectivity index (χ1v) is 7.85. The monoisotopic (exact) mass is 324 g/mol. The predicted molar refractivity (Wildman–Crippen MR) is 74.9 cm³/mol. The minimum Gasteiger partial charge on any atom is -0.393 e. The van der Waals surface area contributed by atoms with E-state index in [1.54, 1.807) is 6.92 Å². The maximum Gasteiger partial charge on any atom is 0.306 e. The maximum absolute atomic E-state index is 12.2. The Labute approximate surface area is 120 Å². The average Bonchev–Trinajstić information content (AvgIpc) is 2.80. The number of hydrogen-bond acceptors (Lipinski definition) is 8. The number of aliphatic hydroxyl groups is 1. The Morgan fingerprint density at radius 3 is 2.65 bits per heavy atom. The minimum absolute atomic E-state index is 0.0301. The number of nitrogens with zero attached hydrogens (tertiary/aromatic N) is 2. The second-order valence-electron chi connectivity index (χ2n) is 4.15. The Hall–Kier alpha value is -1.27. The molecule has 1 rings (SSSR count). The maximum atomic E-state index is 12.2. The second kappa shape index (κ2) is 6.45. The summed E-state index contributed by atoms with van der Waals surface area (Å²) in [6.45, 7) is 1.66. The summed E-state index contributed by atoms with van der Waals surface area (Å²) in [6, 6.07) is 0.966. The first kappa shape index (κ1) is 16.8. The predicted octanol–water partition coefficient (Wildman–Crippen LogP) is 0.333. The Kier molecular flexibility index (Phi) is 5.42. The number of thiophene rings is 1. The zero-order valence-corrected chi connectivity index (χ0v) is 12.6. The van der Waals surface area contributed by atoms with Crippen molar-refractivity contribution in [3.05, 3.63) is 16.2 Å². The smallest absolute Gasteiger partial charge is 0.306 e. The first-order valence-electron chi connectivity index (χ1n) is 5.59. The van der Waals surface area contributed by atoms with Gasteiger partial charge in [-0.3, -0.25) is 10.1 Å². The lowest BCUT2D eigenvalue weighted by Crippen LogP contribution is -2.29. The number of aliphatic hydroxyl groups excluding tert-OH is 1. The van der Waals surface area contributed by atoms with Gasteiger partial charge in [0.1, 0.15) is 4.21 Å². The van der Waals surface area contributed by atoms with Crippen LogP contribution in [0.5, 0.6) is 0 Å². The Balaban J connectivity index is 3.06. The molecule has 0 saturated carbocycles. The Morgan fingerprint density at radius 1 is 1.65 bits per heavy atom. The lowest BCUT2D eigenvalue weighted by Gasteiger charge is -2.16. The largest absolute Gasteiger partial charge is 0.393 e. The first-order chi connectivity index (χ1) is 9.20. The molecule has 1 heterocycles. The third kappa shape index (κ3) is 3.64. The summed E-state index contributed by atoms with van der Waals surface area (Å²) in [5.74, 6) is 5.13. The molecule has 1 aromatic heterocycles. The number of anilines is 1. The van der Waals surface area contributed by atoms with Gasteiger partial charge in [0.2, 0.25) is 0 Å². The molecule has 1 aromatic rings. The molecule has 0 radical (unpaired) electrons. The van der Waals surface area contributed by atoms with Gasteiger partial charge in [0.05, 0.1) is 11.0 Å². The molecule has 0 aliphatic carbocycles. The van der Waals surface area contributed by atoms with Crippen LogP contribution >= 0.6 is 11.3 Å². The number of nitrogens with two attached hydrogens (primary N) is 1. The molecule has 0 aromatic carbocycles. The molecular weight excluding hydrogens is 308 g/mol. The fourth-order valence-electron chi connectivity index (χ4n) is 1.37. The lowest BCUT2D eigenvalue weighted by molar-refractivity contribution is -0.383. The lowest BCUT2D eigenvalue weighted by atomic mass is 10.3. The van der Waals surface area contributed by atoms with Crippen LogP contribution in [0.4, 0.5) is 10.7 Å². The molecule has 9 nitrogen and oxygen atoms in total. The summed E-state index contributed by atoms with van der Waals surface area (Å²) in [5.41, 5.74) is 1.72. The Morgan fingerprint density at radius 2 is 2.25 bits per heavy atom. The van der Waals surface area contributed by atoms with Gasteiger partial charge < -0.3 is 10.5 Å². The molecule has 4 N–H and O–H groups in total. The topological polar surface area (TPSA) is 139 Å². The van der Waals surface area contributed by atoms with Crippen LogP contribution in [0.25, 0.3) is 0 Å². The molecule has 0 spiro atoms. The van der Waals surface area contributed by atoms with E-state index in [-0.39, 0.29) is 27.9 Å². The number of hydrogen-bond donors (Lipinski definition) is 3. The summed E-state index contributed by atoms with van der Waals surface area (Å²) >= 11 is 0.687. The van der Waals surface area contributed by atoms with Crippen molar-refractivity contribution in [2.75, 3.05) is 19.0 Å². The number of sulfonamides is 1. The van der Waals surface area contributed by atoms with Gasteiger partial charge in [-0.2, -0.15) is 0 Å². The van der Waals surface area contributed by atoms with E-state index in [1.807, 2.05) is 0 Å². The average molecular weight is 324 g/mol. The van der Waals surface area contributed by atoms with Gasteiger partial charge in [-0.25, -0.2) is 18.6 Å². The standard InChI is InChI=1S/C9H16N4O5S2/c1-6(14)3-4-12(2)20(17,18)8-5-7(13(15)16)9(11-10)19-8/h5-6,11,14H,3-4,10H2,1-2H3. The van der Waals surface area contributed by atoms with Gasteiger partial charge in [0.25, 0.3) is 10.0 Å². The molecule has 0 amide bonds. The van der Waals surface area contributed by atoms with Crippen molar-refractivity contribution in [2.45, 2.75) is 23.7 Å². The van der Waals surface area contributed by atoms with Crippen LogP contribution in [0.1, 0.15) is 13.3 Å². The van der Waals surface area contributed by atoms with E-state index in [0.29, 0.717) is 11.3 Å². The van der Waals surface area contributed by atoms with E-state index >= 15 is 0 Å². The van der Waals surface area contributed by atoms with Crippen molar-refractivity contribution in [1.29, 1.82) is 0 Å². The minimum atomic E-state index is -3.84. The highest BCUT2D eigenvalue weighted by Gasteiger charge is 2.28. The van der Waals surface area contributed by atoms with Crippen molar-refractivity contribution < 1.29 is 18.4 Å². The fourth-order valence-corrected chi connectivity index (χ4v) is 4.00. The highest BCUT2D eigenvalue weighted by molar-refractivity contribution is 7.91. The Bertz CT molecular complexity index is 583. The van der Waals surface area contributed by atoms with E-state index in [9.17, 15) is 18.5 Å². The molecule has 0 aliphatic rings. The van der Waals surface area contributed by atoms with Crippen LogP contribution in [-0.4, -0.2) is 42.4 Å². The summed E-state index contributed by atoms with van der Waals surface area (Å²) in [5, 5.41) is 19.9. The molecule has 1 unspecified atom stereocenters. The van der Waals surface area contributed by atoms with Gasteiger partial charge in [0, 0.05) is 19.7 Å². The van der Waals surface area contributed by atoms with E-state index in [1.165, 1.54) is 7.05 Å². The molecule has 20 heavy (non-hydrogen) atoms. The molecule has 0 saturated heterocycles. The van der Waals surface area contributed by atoms with Gasteiger partial charge >= 0.3 is 5.69 Å². The van der Waals surface area contributed by atoms with Crippen LogP contribution in [-0.2, 0) is 10.0 Å².